The highest BCUT2D eigenvalue weighted by atomic mass is 35.5. The first-order chi connectivity index (χ1) is 9.82. The molecule has 1 nitrogen and oxygen atoms in total. The van der Waals surface area contributed by atoms with E-state index in [1.165, 1.54) is 12.1 Å². The number of ketones is 1. The molecule has 0 heterocycles. The maximum absolute atomic E-state index is 13.6. The van der Waals surface area contributed by atoms with Crippen LogP contribution in [-0.2, 0) is 6.42 Å². The van der Waals surface area contributed by atoms with Crippen LogP contribution >= 0.6 is 46.4 Å². The lowest BCUT2D eigenvalue weighted by Crippen LogP contribution is -2.09. The molecule has 0 unspecified atom stereocenters. The van der Waals surface area contributed by atoms with Crippen molar-refractivity contribution in [3.05, 3.63) is 67.1 Å². The van der Waals surface area contributed by atoms with Gasteiger partial charge in [0.1, 0.15) is 11.6 Å². The second kappa shape index (κ2) is 6.49. The van der Waals surface area contributed by atoms with Crippen LogP contribution in [0, 0.1) is 11.6 Å². The highest BCUT2D eigenvalue weighted by molar-refractivity contribution is 6.51. The van der Waals surface area contributed by atoms with Crippen molar-refractivity contribution in [2.45, 2.75) is 6.42 Å². The molecule has 0 aliphatic carbocycles. The number of hydrogen-bond acceptors (Lipinski definition) is 1. The average Bonchev–Trinajstić information content (AvgIpc) is 2.40. The molecule has 0 saturated carbocycles. The van der Waals surface area contributed by atoms with Crippen LogP contribution in [0.25, 0.3) is 0 Å². The first-order valence-electron chi connectivity index (χ1n) is 5.62. The van der Waals surface area contributed by atoms with Crippen LogP contribution in [0.4, 0.5) is 8.78 Å². The van der Waals surface area contributed by atoms with Gasteiger partial charge < -0.3 is 0 Å². The van der Waals surface area contributed by atoms with Crippen LogP contribution < -0.4 is 0 Å². The van der Waals surface area contributed by atoms with E-state index in [2.05, 4.69) is 0 Å². The van der Waals surface area contributed by atoms with Crippen molar-refractivity contribution in [3.8, 4) is 0 Å². The standard InChI is InChI=1S/C14H6Cl4F2O/c15-7-5-8(16)13(17)14(18)12(7)11(21)4-6-9(19)2-1-3-10(6)20/h1-3,5H,4H2. The van der Waals surface area contributed by atoms with Gasteiger partial charge in [-0.25, -0.2) is 8.78 Å². The second-order valence-electron chi connectivity index (χ2n) is 4.14. The SMILES string of the molecule is O=C(Cc1c(F)cccc1F)c1c(Cl)cc(Cl)c(Cl)c1Cl. The molecule has 2 rings (SSSR count). The van der Waals surface area contributed by atoms with E-state index in [9.17, 15) is 13.6 Å². The Kier molecular flexibility index (Phi) is 5.10. The normalized spacial score (nSPS) is 10.8. The molecule has 21 heavy (non-hydrogen) atoms. The molecule has 0 aliphatic heterocycles. The van der Waals surface area contributed by atoms with Gasteiger partial charge in [0.15, 0.2) is 5.78 Å². The number of carbonyl (C=O) groups excluding carboxylic acids is 1. The lowest BCUT2D eigenvalue weighted by atomic mass is 10.0. The fourth-order valence-corrected chi connectivity index (χ4v) is 2.90. The Morgan fingerprint density at radius 1 is 0.952 bits per heavy atom. The molecule has 0 N–H and O–H groups in total. The second-order valence-corrected chi connectivity index (χ2v) is 5.71. The summed E-state index contributed by atoms with van der Waals surface area (Å²) in [7, 11) is 0. The fraction of sp³-hybridized carbons (Fsp3) is 0.0714. The Morgan fingerprint density at radius 2 is 1.52 bits per heavy atom. The van der Waals surface area contributed by atoms with Crippen molar-refractivity contribution in [2.24, 2.45) is 0 Å². The molecule has 0 atom stereocenters. The van der Waals surface area contributed by atoms with Gasteiger partial charge in [-0.15, -0.1) is 0 Å². The van der Waals surface area contributed by atoms with E-state index in [4.69, 9.17) is 46.4 Å². The van der Waals surface area contributed by atoms with E-state index in [1.54, 1.807) is 0 Å². The smallest absolute Gasteiger partial charge is 0.170 e. The minimum Gasteiger partial charge on any atom is -0.294 e. The number of rotatable bonds is 3. The lowest BCUT2D eigenvalue weighted by molar-refractivity contribution is 0.0991. The zero-order chi connectivity index (χ0) is 15.7. The van der Waals surface area contributed by atoms with Gasteiger partial charge in [0.2, 0.25) is 0 Å². The molecule has 0 amide bonds. The maximum atomic E-state index is 13.6. The van der Waals surface area contributed by atoms with Gasteiger partial charge in [-0.1, -0.05) is 52.5 Å². The average molecular weight is 370 g/mol. The zero-order valence-electron chi connectivity index (χ0n) is 10.2. The van der Waals surface area contributed by atoms with Crippen molar-refractivity contribution in [2.75, 3.05) is 0 Å². The molecular weight excluding hydrogens is 364 g/mol. The van der Waals surface area contributed by atoms with Gasteiger partial charge in [-0.3, -0.25) is 4.79 Å². The predicted octanol–water partition coefficient (Wildman–Crippen LogP) is 6.00. The molecule has 0 aliphatic rings. The predicted molar refractivity (Wildman–Crippen MR) is 80.9 cm³/mol. The Hall–Kier alpha value is -0.870. The van der Waals surface area contributed by atoms with Crippen molar-refractivity contribution < 1.29 is 13.6 Å². The quantitative estimate of drug-likeness (QED) is 0.368. The monoisotopic (exact) mass is 368 g/mol. The van der Waals surface area contributed by atoms with Crippen LogP contribution in [0.1, 0.15) is 15.9 Å². The number of benzene rings is 2. The third-order valence-corrected chi connectivity index (χ3v) is 4.35. The molecule has 2 aromatic rings. The summed E-state index contributed by atoms with van der Waals surface area (Å²) in [4.78, 5) is 12.2. The number of Topliss-reactive ketones (excluding diaryl/α,β-unsaturated/α-hetero) is 1. The van der Waals surface area contributed by atoms with Gasteiger partial charge in [0.05, 0.1) is 25.7 Å². The Balaban J connectivity index is 2.45. The van der Waals surface area contributed by atoms with Crippen LogP contribution in [0.15, 0.2) is 24.3 Å². The van der Waals surface area contributed by atoms with Crippen molar-refractivity contribution in [3.63, 3.8) is 0 Å². The highest BCUT2D eigenvalue weighted by Gasteiger charge is 2.22. The highest BCUT2D eigenvalue weighted by Crippen LogP contribution is 2.38. The van der Waals surface area contributed by atoms with Crippen molar-refractivity contribution in [1.82, 2.24) is 0 Å². The third-order valence-electron chi connectivity index (χ3n) is 2.79. The van der Waals surface area contributed by atoms with Gasteiger partial charge in [-0.05, 0) is 18.2 Å². The number of carbonyl (C=O) groups is 1. The fourth-order valence-electron chi connectivity index (χ4n) is 1.77. The van der Waals surface area contributed by atoms with Crippen LogP contribution in [-0.4, -0.2) is 5.78 Å². The summed E-state index contributed by atoms with van der Waals surface area (Å²) in [5, 5.41) is -0.132. The first-order valence-corrected chi connectivity index (χ1v) is 7.13. The first kappa shape index (κ1) is 16.5. The summed E-state index contributed by atoms with van der Waals surface area (Å²) in [6.45, 7) is 0. The number of hydrogen-bond donors (Lipinski definition) is 0. The summed E-state index contributed by atoms with van der Waals surface area (Å²) < 4.78 is 27.1. The van der Waals surface area contributed by atoms with Crippen molar-refractivity contribution >= 4 is 52.2 Å². The molecule has 0 fully saturated rings. The van der Waals surface area contributed by atoms with E-state index < -0.39 is 23.8 Å². The van der Waals surface area contributed by atoms with Crippen LogP contribution in [0.5, 0.6) is 0 Å². The topological polar surface area (TPSA) is 17.1 Å². The molecule has 0 spiro atoms. The summed E-state index contributed by atoms with van der Waals surface area (Å²) >= 11 is 23.5. The minimum absolute atomic E-state index is 0.0313. The molecule has 0 aromatic heterocycles. The van der Waals surface area contributed by atoms with Crippen LogP contribution in [0.3, 0.4) is 0 Å². The van der Waals surface area contributed by atoms with E-state index in [0.717, 1.165) is 12.1 Å². The summed E-state index contributed by atoms with van der Waals surface area (Å²) in [6, 6.07) is 4.58. The molecule has 0 bridgehead atoms. The molecular formula is C14H6Cl4F2O. The molecule has 110 valence electrons. The van der Waals surface area contributed by atoms with E-state index in [1.807, 2.05) is 0 Å². The van der Waals surface area contributed by atoms with Gasteiger partial charge in [0, 0.05) is 12.0 Å². The maximum Gasteiger partial charge on any atom is 0.170 e. The lowest BCUT2D eigenvalue weighted by Gasteiger charge is -2.10. The third kappa shape index (κ3) is 3.32. The Labute approximate surface area is 139 Å². The number of halogens is 6. The molecule has 7 heteroatoms. The minimum atomic E-state index is -0.823. The van der Waals surface area contributed by atoms with Crippen LogP contribution in [0.2, 0.25) is 20.1 Å². The zero-order valence-corrected chi connectivity index (χ0v) is 13.2. The van der Waals surface area contributed by atoms with Crippen molar-refractivity contribution in [1.29, 1.82) is 0 Å². The van der Waals surface area contributed by atoms with E-state index in [-0.39, 0.29) is 31.2 Å². The van der Waals surface area contributed by atoms with Gasteiger partial charge in [0.25, 0.3) is 0 Å². The summed E-state index contributed by atoms with van der Waals surface area (Å²) in [5.41, 5.74) is -0.476. The van der Waals surface area contributed by atoms with E-state index in [0.29, 0.717) is 0 Å². The largest absolute Gasteiger partial charge is 0.294 e. The molecule has 0 radical (unpaired) electrons. The van der Waals surface area contributed by atoms with Gasteiger partial charge >= 0.3 is 0 Å². The van der Waals surface area contributed by atoms with E-state index >= 15 is 0 Å². The Bertz CT molecular complexity index is 711. The molecule has 2 aromatic carbocycles. The molecule has 0 saturated heterocycles. The summed E-state index contributed by atoms with van der Waals surface area (Å²) in [5.74, 6) is -2.31. The van der Waals surface area contributed by atoms with Gasteiger partial charge in [-0.2, -0.15) is 0 Å². The summed E-state index contributed by atoms with van der Waals surface area (Å²) in [6.07, 6.45) is -0.532. The Morgan fingerprint density at radius 3 is 2.10 bits per heavy atom.